The lowest BCUT2D eigenvalue weighted by Gasteiger charge is -2.16. The van der Waals surface area contributed by atoms with E-state index in [0.717, 1.165) is 11.1 Å². The molecule has 0 aromatic heterocycles. The first-order chi connectivity index (χ1) is 12.3. The van der Waals surface area contributed by atoms with E-state index in [0.29, 0.717) is 33.1 Å². The van der Waals surface area contributed by atoms with Gasteiger partial charge >= 0.3 is 0 Å². The Morgan fingerprint density at radius 1 is 1.23 bits per heavy atom. The molecule has 26 heavy (non-hydrogen) atoms. The SMILES string of the molecule is Cc1cc(OCC(=O)Nc2ccc(SC(F)F)cc2)c(C(C)C)cc1Cl. The standard InChI is InChI=1S/C19H20ClF2NO2S/c1-11(2)15-9-16(20)12(3)8-17(15)25-10-18(24)23-13-4-6-14(7-5-13)26-19(21)22/h4-9,11,19H,10H2,1-3H3,(H,23,24). The van der Waals surface area contributed by atoms with Gasteiger partial charge in [-0.15, -0.1) is 0 Å². The number of rotatable bonds is 7. The van der Waals surface area contributed by atoms with Gasteiger partial charge in [-0.3, -0.25) is 4.79 Å². The molecule has 0 fully saturated rings. The van der Waals surface area contributed by atoms with E-state index in [9.17, 15) is 13.6 Å². The van der Waals surface area contributed by atoms with Gasteiger partial charge in [0.25, 0.3) is 11.7 Å². The number of ether oxygens (including phenoxy) is 1. The van der Waals surface area contributed by atoms with Crippen molar-refractivity contribution in [2.45, 2.75) is 37.3 Å². The minimum atomic E-state index is -2.47. The van der Waals surface area contributed by atoms with Crippen LogP contribution in [0, 0.1) is 6.92 Å². The number of carbonyl (C=O) groups is 1. The van der Waals surface area contributed by atoms with Crippen molar-refractivity contribution in [2.75, 3.05) is 11.9 Å². The van der Waals surface area contributed by atoms with Crippen molar-refractivity contribution in [1.82, 2.24) is 0 Å². The van der Waals surface area contributed by atoms with Crippen molar-refractivity contribution >= 4 is 35.0 Å². The van der Waals surface area contributed by atoms with Gasteiger partial charge in [0.2, 0.25) is 0 Å². The van der Waals surface area contributed by atoms with E-state index in [-0.39, 0.29) is 18.4 Å². The van der Waals surface area contributed by atoms with Gasteiger partial charge in [0.15, 0.2) is 6.61 Å². The molecule has 140 valence electrons. The Hall–Kier alpha value is -1.79. The summed E-state index contributed by atoms with van der Waals surface area (Å²) in [5.41, 5.74) is 2.33. The lowest BCUT2D eigenvalue weighted by atomic mass is 10.0. The molecule has 1 N–H and O–H groups in total. The molecule has 0 radical (unpaired) electrons. The van der Waals surface area contributed by atoms with E-state index in [1.54, 1.807) is 12.1 Å². The summed E-state index contributed by atoms with van der Waals surface area (Å²) >= 11 is 6.62. The molecular weight excluding hydrogens is 380 g/mol. The fourth-order valence-electron chi connectivity index (χ4n) is 2.31. The summed E-state index contributed by atoms with van der Waals surface area (Å²) in [6.45, 7) is 5.76. The molecule has 2 aromatic carbocycles. The van der Waals surface area contributed by atoms with Crippen molar-refractivity contribution in [3.05, 3.63) is 52.5 Å². The van der Waals surface area contributed by atoms with Crippen molar-refractivity contribution in [1.29, 1.82) is 0 Å². The molecule has 0 bridgehead atoms. The molecule has 0 saturated carbocycles. The lowest BCUT2D eigenvalue weighted by molar-refractivity contribution is -0.118. The number of aryl methyl sites for hydroxylation is 1. The molecule has 2 rings (SSSR count). The van der Waals surface area contributed by atoms with Crippen LogP contribution in [-0.2, 0) is 4.79 Å². The predicted octanol–water partition coefficient (Wildman–Crippen LogP) is 6.10. The number of anilines is 1. The van der Waals surface area contributed by atoms with Gasteiger partial charge in [0.05, 0.1) is 0 Å². The van der Waals surface area contributed by atoms with Crippen molar-refractivity contribution in [3.63, 3.8) is 0 Å². The van der Waals surface area contributed by atoms with Gasteiger partial charge in [0, 0.05) is 15.6 Å². The van der Waals surface area contributed by atoms with Gasteiger partial charge in [-0.25, -0.2) is 0 Å². The van der Waals surface area contributed by atoms with Gasteiger partial charge in [0.1, 0.15) is 5.75 Å². The number of hydrogen-bond donors (Lipinski definition) is 1. The van der Waals surface area contributed by atoms with Crippen LogP contribution < -0.4 is 10.1 Å². The average molecular weight is 400 g/mol. The van der Waals surface area contributed by atoms with Gasteiger partial charge in [-0.05, 0) is 60.4 Å². The molecule has 0 aliphatic carbocycles. The fraction of sp³-hybridized carbons (Fsp3) is 0.316. The Morgan fingerprint density at radius 2 is 1.88 bits per heavy atom. The van der Waals surface area contributed by atoms with Crippen molar-refractivity contribution in [3.8, 4) is 5.75 Å². The molecule has 0 aliphatic rings. The van der Waals surface area contributed by atoms with E-state index in [2.05, 4.69) is 5.32 Å². The monoisotopic (exact) mass is 399 g/mol. The molecule has 0 unspecified atom stereocenters. The Bertz CT molecular complexity index is 767. The minimum Gasteiger partial charge on any atom is -0.483 e. The van der Waals surface area contributed by atoms with E-state index in [1.807, 2.05) is 32.9 Å². The smallest absolute Gasteiger partial charge is 0.288 e. The summed E-state index contributed by atoms with van der Waals surface area (Å²) in [5, 5.41) is 3.34. The number of hydrogen-bond acceptors (Lipinski definition) is 3. The number of halogens is 3. The van der Waals surface area contributed by atoms with Crippen molar-refractivity contribution in [2.24, 2.45) is 0 Å². The quantitative estimate of drug-likeness (QED) is 0.571. The van der Waals surface area contributed by atoms with Crippen LogP contribution >= 0.6 is 23.4 Å². The first kappa shape index (κ1) is 20.5. The van der Waals surface area contributed by atoms with Crippen molar-refractivity contribution < 1.29 is 18.3 Å². The highest BCUT2D eigenvalue weighted by molar-refractivity contribution is 7.99. The number of alkyl halides is 2. The van der Waals surface area contributed by atoms with Crippen LogP contribution in [0.5, 0.6) is 5.75 Å². The molecule has 0 aliphatic heterocycles. The summed E-state index contributed by atoms with van der Waals surface area (Å²) in [4.78, 5) is 12.5. The highest BCUT2D eigenvalue weighted by atomic mass is 35.5. The minimum absolute atomic E-state index is 0.158. The highest BCUT2D eigenvalue weighted by Gasteiger charge is 2.13. The maximum absolute atomic E-state index is 12.3. The first-order valence-corrected chi connectivity index (χ1v) is 9.29. The molecule has 7 heteroatoms. The summed E-state index contributed by atoms with van der Waals surface area (Å²) < 4.78 is 30.3. The molecular formula is C19H20ClF2NO2S. The molecule has 2 aromatic rings. The van der Waals surface area contributed by atoms with Crippen LogP contribution in [0.3, 0.4) is 0 Å². The number of nitrogens with one attached hydrogen (secondary N) is 1. The van der Waals surface area contributed by atoms with Crippen LogP contribution in [0.4, 0.5) is 14.5 Å². The number of carbonyl (C=O) groups excluding carboxylic acids is 1. The summed E-state index contributed by atoms with van der Waals surface area (Å²) in [5.74, 6) is -1.98. The Kier molecular flexibility index (Phi) is 7.29. The molecule has 0 saturated heterocycles. The molecule has 0 heterocycles. The third-order valence-electron chi connectivity index (χ3n) is 3.64. The van der Waals surface area contributed by atoms with Crippen LogP contribution in [0.1, 0.15) is 30.9 Å². The largest absolute Gasteiger partial charge is 0.483 e. The molecule has 0 spiro atoms. The summed E-state index contributed by atoms with van der Waals surface area (Å²) in [7, 11) is 0. The van der Waals surface area contributed by atoms with E-state index < -0.39 is 5.76 Å². The van der Waals surface area contributed by atoms with Gasteiger partial charge < -0.3 is 10.1 Å². The summed E-state index contributed by atoms with van der Waals surface area (Å²) in [6, 6.07) is 9.90. The molecule has 1 amide bonds. The fourth-order valence-corrected chi connectivity index (χ4v) is 2.98. The average Bonchev–Trinajstić information content (AvgIpc) is 2.56. The summed E-state index contributed by atoms with van der Waals surface area (Å²) in [6.07, 6.45) is 0. The second kappa shape index (κ2) is 9.24. The van der Waals surface area contributed by atoms with Gasteiger partial charge in [-0.1, -0.05) is 37.2 Å². The second-order valence-electron chi connectivity index (χ2n) is 6.03. The number of thioether (sulfide) groups is 1. The Morgan fingerprint density at radius 3 is 2.46 bits per heavy atom. The maximum atomic E-state index is 12.3. The third-order valence-corrected chi connectivity index (χ3v) is 4.76. The maximum Gasteiger partial charge on any atom is 0.288 e. The van der Waals surface area contributed by atoms with E-state index in [1.165, 1.54) is 12.1 Å². The number of benzene rings is 2. The molecule has 3 nitrogen and oxygen atoms in total. The normalized spacial score (nSPS) is 11.1. The van der Waals surface area contributed by atoms with E-state index in [4.69, 9.17) is 16.3 Å². The first-order valence-electron chi connectivity index (χ1n) is 8.04. The highest BCUT2D eigenvalue weighted by Crippen LogP contribution is 2.32. The van der Waals surface area contributed by atoms with Crippen LogP contribution in [-0.4, -0.2) is 18.3 Å². The zero-order valence-corrected chi connectivity index (χ0v) is 16.3. The Balaban J connectivity index is 1.98. The second-order valence-corrected chi connectivity index (χ2v) is 7.50. The van der Waals surface area contributed by atoms with E-state index >= 15 is 0 Å². The topological polar surface area (TPSA) is 38.3 Å². The Labute approximate surface area is 161 Å². The third kappa shape index (κ3) is 5.88. The zero-order valence-electron chi connectivity index (χ0n) is 14.7. The number of amides is 1. The lowest BCUT2D eigenvalue weighted by Crippen LogP contribution is -2.20. The zero-order chi connectivity index (χ0) is 19.3. The van der Waals surface area contributed by atoms with Crippen LogP contribution in [0.2, 0.25) is 5.02 Å². The predicted molar refractivity (Wildman–Crippen MR) is 103 cm³/mol. The van der Waals surface area contributed by atoms with Crippen LogP contribution in [0.25, 0.3) is 0 Å². The van der Waals surface area contributed by atoms with Crippen LogP contribution in [0.15, 0.2) is 41.3 Å². The molecule has 0 atom stereocenters. The van der Waals surface area contributed by atoms with Gasteiger partial charge in [-0.2, -0.15) is 8.78 Å².